The van der Waals surface area contributed by atoms with Gasteiger partial charge in [0.05, 0.1) is 31.1 Å². The van der Waals surface area contributed by atoms with Gasteiger partial charge < -0.3 is 19.7 Å². The number of para-hydroxylation sites is 1. The third-order valence-electron chi connectivity index (χ3n) is 6.39. The summed E-state index contributed by atoms with van der Waals surface area (Å²) in [5.41, 5.74) is 1.35. The van der Waals surface area contributed by atoms with E-state index in [1.165, 1.54) is 25.3 Å². The molecule has 200 valence electrons. The number of urea groups is 1. The van der Waals surface area contributed by atoms with E-state index in [4.69, 9.17) is 21.1 Å². The molecule has 1 fully saturated rings. The number of benzene rings is 3. The van der Waals surface area contributed by atoms with Gasteiger partial charge in [-0.25, -0.2) is 18.4 Å². The molecule has 1 atom stereocenters. The number of amides is 2. The molecular weight excluding hydrogens is 516 g/mol. The summed E-state index contributed by atoms with van der Waals surface area (Å²) in [4.78, 5) is 28.7. The lowest BCUT2D eigenvalue weighted by molar-refractivity contribution is 0.00376. The van der Waals surface area contributed by atoms with Gasteiger partial charge in [0.15, 0.2) is 0 Å². The molecule has 4 rings (SSSR count). The summed E-state index contributed by atoms with van der Waals surface area (Å²) in [5, 5.41) is 3.36. The van der Waals surface area contributed by atoms with Crippen LogP contribution >= 0.6 is 11.6 Å². The summed E-state index contributed by atoms with van der Waals surface area (Å²) in [5.74, 6) is -1.85. The van der Waals surface area contributed by atoms with Crippen molar-refractivity contribution >= 4 is 29.3 Å². The normalized spacial score (nSPS) is 14.7. The van der Waals surface area contributed by atoms with Crippen LogP contribution in [0.1, 0.15) is 27.6 Å². The van der Waals surface area contributed by atoms with Gasteiger partial charge in [-0.15, -0.1) is 0 Å². The Morgan fingerprint density at radius 2 is 1.61 bits per heavy atom. The average Bonchev–Trinajstić information content (AvgIpc) is 2.93. The number of anilines is 1. The molecule has 7 nitrogen and oxygen atoms in total. The van der Waals surface area contributed by atoms with E-state index in [0.29, 0.717) is 43.4 Å². The summed E-state index contributed by atoms with van der Waals surface area (Å²) in [7, 11) is 1.29. The van der Waals surface area contributed by atoms with Gasteiger partial charge in [0.1, 0.15) is 11.6 Å². The highest BCUT2D eigenvalue weighted by atomic mass is 35.5. The van der Waals surface area contributed by atoms with Crippen LogP contribution in [0.25, 0.3) is 0 Å². The Hall–Kier alpha value is -3.53. The summed E-state index contributed by atoms with van der Waals surface area (Å²) >= 11 is 6.04. The van der Waals surface area contributed by atoms with E-state index >= 15 is 0 Å². The molecule has 1 N–H and O–H groups in total. The number of hydrogen-bond acceptors (Lipinski definition) is 5. The fraction of sp³-hybridized carbons (Fsp3) is 0.286. The Morgan fingerprint density at radius 1 is 0.947 bits per heavy atom. The van der Waals surface area contributed by atoms with Crippen molar-refractivity contribution in [1.82, 2.24) is 9.80 Å². The number of rotatable bonds is 8. The summed E-state index contributed by atoms with van der Waals surface area (Å²) in [6.07, 6.45) is -0.474. The quantitative estimate of drug-likeness (QED) is 0.379. The lowest BCUT2D eigenvalue weighted by Gasteiger charge is -2.36. The van der Waals surface area contributed by atoms with Gasteiger partial charge in [-0.1, -0.05) is 41.9 Å². The number of carbonyl (C=O) groups is 2. The fourth-order valence-corrected chi connectivity index (χ4v) is 4.35. The third kappa shape index (κ3) is 6.86. The predicted octanol–water partition coefficient (Wildman–Crippen LogP) is 5.51. The molecule has 3 aromatic rings. The van der Waals surface area contributed by atoms with Gasteiger partial charge in [0.25, 0.3) is 0 Å². The van der Waals surface area contributed by atoms with Gasteiger partial charge in [0.2, 0.25) is 0 Å². The van der Waals surface area contributed by atoms with Crippen LogP contribution < -0.4 is 5.32 Å². The zero-order chi connectivity index (χ0) is 27.1. The number of hydrogen-bond donors (Lipinski definition) is 1. The van der Waals surface area contributed by atoms with Gasteiger partial charge in [-0.2, -0.15) is 0 Å². The maximum atomic E-state index is 14.2. The second kappa shape index (κ2) is 12.8. The monoisotopic (exact) mass is 543 g/mol. The Kier molecular flexibility index (Phi) is 9.28. The molecule has 1 saturated heterocycles. The summed E-state index contributed by atoms with van der Waals surface area (Å²) < 4.78 is 39.1. The van der Waals surface area contributed by atoms with E-state index in [1.54, 1.807) is 41.3 Å². The van der Waals surface area contributed by atoms with Gasteiger partial charge in [-0.05, 0) is 42.0 Å². The van der Waals surface area contributed by atoms with E-state index < -0.39 is 23.7 Å². The largest absolute Gasteiger partial charge is 0.465 e. The van der Waals surface area contributed by atoms with Crippen LogP contribution in [0.3, 0.4) is 0 Å². The van der Waals surface area contributed by atoms with Crippen molar-refractivity contribution in [2.45, 2.75) is 12.7 Å². The van der Waals surface area contributed by atoms with Crippen LogP contribution in [0.2, 0.25) is 5.02 Å². The number of carbonyl (C=O) groups excluding carboxylic acids is 2. The van der Waals surface area contributed by atoms with E-state index in [1.807, 2.05) is 12.1 Å². The molecule has 3 aromatic carbocycles. The van der Waals surface area contributed by atoms with Gasteiger partial charge in [0, 0.05) is 43.3 Å². The van der Waals surface area contributed by atoms with Crippen molar-refractivity contribution in [2.24, 2.45) is 0 Å². The van der Waals surface area contributed by atoms with E-state index in [0.717, 1.165) is 5.56 Å². The Balaban J connectivity index is 1.38. The lowest BCUT2D eigenvalue weighted by atomic mass is 10.1. The van der Waals surface area contributed by atoms with Gasteiger partial charge >= 0.3 is 12.0 Å². The van der Waals surface area contributed by atoms with Gasteiger partial charge in [-0.3, -0.25) is 4.90 Å². The maximum absolute atomic E-state index is 14.2. The lowest BCUT2D eigenvalue weighted by Crippen LogP contribution is -2.51. The standard InChI is InChI=1S/C28H28ClF2N3O4/c1-37-27(35)21-5-2-3-8-25(21)32-28(36)34-15-13-33(14-16-34)17-26(19-9-11-20(29)12-10-19)38-18-22-23(30)6-4-7-24(22)31/h2-12,26H,13-18H2,1H3,(H,32,36). The smallest absolute Gasteiger partial charge is 0.339 e. The molecule has 0 radical (unpaired) electrons. The van der Waals surface area contributed by atoms with Crippen molar-refractivity contribution in [3.8, 4) is 0 Å². The van der Waals surface area contributed by atoms with E-state index in [2.05, 4.69) is 10.2 Å². The highest BCUT2D eigenvalue weighted by Crippen LogP contribution is 2.25. The molecule has 0 bridgehead atoms. The van der Waals surface area contributed by atoms with Crippen molar-refractivity contribution in [3.05, 3.63) is 100 Å². The van der Waals surface area contributed by atoms with Crippen LogP contribution in [0.15, 0.2) is 66.7 Å². The maximum Gasteiger partial charge on any atom is 0.339 e. The summed E-state index contributed by atoms with van der Waals surface area (Å²) in [6.45, 7) is 2.25. The molecule has 10 heteroatoms. The van der Waals surface area contributed by atoms with Crippen molar-refractivity contribution < 1.29 is 27.8 Å². The number of nitrogens with zero attached hydrogens (tertiary/aromatic N) is 2. The van der Waals surface area contributed by atoms with Crippen molar-refractivity contribution in [3.63, 3.8) is 0 Å². The van der Waals surface area contributed by atoms with Crippen LogP contribution in [-0.4, -0.2) is 61.6 Å². The van der Waals surface area contributed by atoms with E-state index in [-0.39, 0.29) is 23.8 Å². The minimum atomic E-state index is -0.659. The number of ether oxygens (including phenoxy) is 2. The second-order valence-electron chi connectivity index (χ2n) is 8.81. The highest BCUT2D eigenvalue weighted by molar-refractivity contribution is 6.30. The molecule has 1 unspecified atom stereocenters. The fourth-order valence-electron chi connectivity index (χ4n) is 4.23. The highest BCUT2D eigenvalue weighted by Gasteiger charge is 2.26. The molecule has 2 amide bonds. The first-order valence-corrected chi connectivity index (χ1v) is 12.5. The molecular formula is C28H28ClF2N3O4. The minimum Gasteiger partial charge on any atom is -0.465 e. The molecule has 0 spiro atoms. The molecule has 0 aromatic heterocycles. The van der Waals surface area contributed by atoms with Crippen LogP contribution in [0.4, 0.5) is 19.3 Å². The molecule has 0 aliphatic carbocycles. The zero-order valence-electron chi connectivity index (χ0n) is 20.8. The minimum absolute atomic E-state index is 0.125. The Bertz CT molecular complexity index is 1250. The third-order valence-corrected chi connectivity index (χ3v) is 6.64. The molecule has 38 heavy (non-hydrogen) atoms. The van der Waals surface area contributed by atoms with Crippen molar-refractivity contribution in [1.29, 1.82) is 0 Å². The van der Waals surface area contributed by atoms with E-state index in [9.17, 15) is 18.4 Å². The first kappa shape index (κ1) is 27.5. The SMILES string of the molecule is COC(=O)c1ccccc1NC(=O)N1CCN(CC(OCc2c(F)cccc2F)c2ccc(Cl)cc2)CC1. The topological polar surface area (TPSA) is 71.1 Å². The van der Waals surface area contributed by atoms with Crippen LogP contribution in [-0.2, 0) is 16.1 Å². The molecule has 1 aliphatic heterocycles. The number of nitrogens with one attached hydrogen (secondary N) is 1. The molecule has 1 aliphatic rings. The first-order chi connectivity index (χ1) is 18.4. The number of piperazine rings is 1. The first-order valence-electron chi connectivity index (χ1n) is 12.1. The average molecular weight is 544 g/mol. The number of esters is 1. The van der Waals surface area contributed by atoms with Crippen LogP contribution in [0.5, 0.6) is 0 Å². The Labute approximate surface area is 224 Å². The predicted molar refractivity (Wildman–Crippen MR) is 140 cm³/mol. The number of methoxy groups -OCH3 is 1. The number of halogens is 3. The second-order valence-corrected chi connectivity index (χ2v) is 9.24. The zero-order valence-corrected chi connectivity index (χ0v) is 21.6. The Morgan fingerprint density at radius 3 is 2.26 bits per heavy atom. The summed E-state index contributed by atoms with van der Waals surface area (Å²) in [6, 6.07) is 17.2. The molecule has 1 heterocycles. The van der Waals surface area contributed by atoms with Crippen LogP contribution in [0, 0.1) is 11.6 Å². The molecule has 0 saturated carbocycles. The van der Waals surface area contributed by atoms with Crippen molar-refractivity contribution in [2.75, 3.05) is 45.2 Å².